The molecule has 1 N–H and O–H groups in total. The van der Waals surface area contributed by atoms with Gasteiger partial charge in [-0.15, -0.1) is 0 Å². The lowest BCUT2D eigenvalue weighted by Crippen LogP contribution is -2.35. The van der Waals surface area contributed by atoms with Gasteiger partial charge in [0.15, 0.2) is 0 Å². The molecule has 2 heterocycles. The fourth-order valence-electron chi connectivity index (χ4n) is 4.68. The van der Waals surface area contributed by atoms with E-state index in [9.17, 15) is 14.7 Å². The average molecular weight is 493 g/mol. The maximum absolute atomic E-state index is 13.3. The van der Waals surface area contributed by atoms with E-state index in [4.69, 9.17) is 9.47 Å². The molecule has 4 rings (SSSR count). The number of Topliss-reactive ketones (excluding diaryl/α,β-unsaturated/α-hetero) is 1. The second kappa shape index (κ2) is 10.7. The first-order valence-corrected chi connectivity index (χ1v) is 12.6. The number of ether oxygens (including phenoxy) is 2. The number of aliphatic hydroxyl groups is 1. The first-order valence-electron chi connectivity index (χ1n) is 12.6. The number of carbonyl (C=O) groups is 2. The van der Waals surface area contributed by atoms with Gasteiger partial charge < -0.3 is 24.4 Å². The lowest BCUT2D eigenvalue weighted by atomic mass is 9.94. The Balaban J connectivity index is 1.75. The molecule has 2 aromatic carbocycles. The molecule has 2 aliphatic heterocycles. The molecule has 2 aromatic rings. The fraction of sp³-hybridized carbons (Fsp3) is 0.448. The highest BCUT2D eigenvalue weighted by molar-refractivity contribution is 6.46. The minimum absolute atomic E-state index is 0.0624. The summed E-state index contributed by atoms with van der Waals surface area (Å²) in [5.74, 6) is 0.537. The number of carbonyl (C=O) groups excluding carboxylic acids is 2. The van der Waals surface area contributed by atoms with Crippen LogP contribution in [0.1, 0.15) is 49.9 Å². The van der Waals surface area contributed by atoms with Gasteiger partial charge in [0.1, 0.15) is 23.4 Å². The number of ketones is 1. The van der Waals surface area contributed by atoms with Crippen molar-refractivity contribution < 1.29 is 24.2 Å². The smallest absolute Gasteiger partial charge is 0.295 e. The van der Waals surface area contributed by atoms with Gasteiger partial charge in [-0.05, 0) is 74.8 Å². The highest BCUT2D eigenvalue weighted by atomic mass is 16.5. The Bertz CT molecular complexity index is 1170. The topological polar surface area (TPSA) is 79.3 Å². The van der Waals surface area contributed by atoms with E-state index in [0.717, 1.165) is 29.7 Å². The number of likely N-dealkylation sites (tertiary alicyclic amines) is 1. The van der Waals surface area contributed by atoms with Crippen molar-refractivity contribution in [3.8, 4) is 11.5 Å². The maximum atomic E-state index is 13.3. The number of hydrogen-bond acceptors (Lipinski definition) is 6. The van der Waals surface area contributed by atoms with E-state index in [1.54, 1.807) is 11.0 Å². The van der Waals surface area contributed by atoms with Crippen LogP contribution >= 0.6 is 0 Å². The van der Waals surface area contributed by atoms with E-state index in [2.05, 4.69) is 13.8 Å². The molecule has 0 bridgehead atoms. The molecule has 0 radical (unpaired) electrons. The van der Waals surface area contributed by atoms with Crippen LogP contribution in [0.2, 0.25) is 0 Å². The SMILES string of the molecule is CC(C)CCOc1cccc([C@@H]2/C(=C(\O)c3ccc4c(c3)C[C@@H](C)O4)C(=O)C(=O)N2CCN(C)C)c1. The third kappa shape index (κ3) is 5.41. The zero-order valence-corrected chi connectivity index (χ0v) is 21.8. The summed E-state index contributed by atoms with van der Waals surface area (Å²) < 4.78 is 11.7. The van der Waals surface area contributed by atoms with Gasteiger partial charge in [0.25, 0.3) is 11.7 Å². The lowest BCUT2D eigenvalue weighted by Gasteiger charge is -2.27. The standard InChI is InChI=1S/C29H36N2O5/c1-18(2)11-14-35-23-8-6-7-20(17-23)26-25(28(33)29(34)31(26)13-12-30(4)5)27(32)21-9-10-24-22(16-21)15-19(3)36-24/h6-10,16-19,26,32H,11-15H2,1-5H3/b27-25+/t19-,26-/m1/s1. The highest BCUT2D eigenvalue weighted by Crippen LogP contribution is 2.41. The first-order chi connectivity index (χ1) is 17.2. The third-order valence-corrected chi connectivity index (χ3v) is 6.64. The van der Waals surface area contributed by atoms with Gasteiger partial charge >= 0.3 is 0 Å². The molecule has 192 valence electrons. The maximum Gasteiger partial charge on any atom is 0.295 e. The number of rotatable bonds is 9. The predicted molar refractivity (Wildman–Crippen MR) is 139 cm³/mol. The van der Waals surface area contributed by atoms with Crippen LogP contribution < -0.4 is 9.47 Å². The van der Waals surface area contributed by atoms with Gasteiger partial charge in [-0.2, -0.15) is 0 Å². The zero-order chi connectivity index (χ0) is 26.0. The van der Waals surface area contributed by atoms with Crippen LogP contribution in [-0.4, -0.2) is 66.5 Å². The summed E-state index contributed by atoms with van der Waals surface area (Å²) in [7, 11) is 3.84. The Labute approximate surface area is 213 Å². The van der Waals surface area contributed by atoms with E-state index in [-0.39, 0.29) is 17.4 Å². The van der Waals surface area contributed by atoms with Crippen molar-refractivity contribution in [1.82, 2.24) is 9.80 Å². The molecule has 2 aliphatic rings. The summed E-state index contributed by atoms with van der Waals surface area (Å²) in [5.41, 5.74) is 2.32. The Morgan fingerprint density at radius 1 is 1.19 bits per heavy atom. The summed E-state index contributed by atoms with van der Waals surface area (Å²) in [6.07, 6.45) is 1.71. The van der Waals surface area contributed by atoms with Gasteiger partial charge in [0.2, 0.25) is 0 Å². The second-order valence-electron chi connectivity index (χ2n) is 10.4. The average Bonchev–Trinajstić information content (AvgIpc) is 3.32. The highest BCUT2D eigenvalue weighted by Gasteiger charge is 2.46. The van der Waals surface area contributed by atoms with Crippen molar-refractivity contribution in [2.24, 2.45) is 5.92 Å². The molecule has 0 aromatic heterocycles. The van der Waals surface area contributed by atoms with Crippen molar-refractivity contribution in [3.63, 3.8) is 0 Å². The van der Waals surface area contributed by atoms with Gasteiger partial charge in [-0.3, -0.25) is 9.59 Å². The van der Waals surface area contributed by atoms with Gasteiger partial charge in [0.05, 0.1) is 18.2 Å². The van der Waals surface area contributed by atoms with Gasteiger partial charge in [-0.1, -0.05) is 26.0 Å². The van der Waals surface area contributed by atoms with Crippen molar-refractivity contribution >= 4 is 17.4 Å². The van der Waals surface area contributed by atoms with Crippen molar-refractivity contribution in [3.05, 3.63) is 64.7 Å². The normalized spacial score (nSPS) is 20.8. The van der Waals surface area contributed by atoms with Crippen molar-refractivity contribution in [1.29, 1.82) is 0 Å². The van der Waals surface area contributed by atoms with Crippen LogP contribution in [0.3, 0.4) is 0 Å². The second-order valence-corrected chi connectivity index (χ2v) is 10.4. The van der Waals surface area contributed by atoms with Crippen LogP contribution in [0.5, 0.6) is 11.5 Å². The number of amides is 1. The summed E-state index contributed by atoms with van der Waals surface area (Å²) in [4.78, 5) is 30.0. The first kappa shape index (κ1) is 25.8. The van der Waals surface area contributed by atoms with E-state index in [0.29, 0.717) is 36.9 Å². The van der Waals surface area contributed by atoms with E-state index < -0.39 is 17.7 Å². The van der Waals surface area contributed by atoms with Crippen LogP contribution in [0.15, 0.2) is 48.0 Å². The minimum atomic E-state index is -0.706. The number of fused-ring (bicyclic) bond motifs is 1. The Kier molecular flexibility index (Phi) is 7.69. The number of benzene rings is 2. The van der Waals surface area contributed by atoms with Crippen LogP contribution in [0.4, 0.5) is 0 Å². The monoisotopic (exact) mass is 492 g/mol. The quantitative estimate of drug-likeness (QED) is 0.317. The molecule has 36 heavy (non-hydrogen) atoms. The molecule has 0 unspecified atom stereocenters. The Morgan fingerprint density at radius 3 is 2.69 bits per heavy atom. The van der Waals surface area contributed by atoms with Crippen LogP contribution in [0.25, 0.3) is 5.76 Å². The Morgan fingerprint density at radius 2 is 1.97 bits per heavy atom. The molecule has 1 fully saturated rings. The van der Waals surface area contributed by atoms with E-state index in [1.807, 2.05) is 62.3 Å². The molecule has 1 amide bonds. The number of likely N-dealkylation sites (N-methyl/N-ethyl adjacent to an activating group) is 1. The largest absolute Gasteiger partial charge is 0.507 e. The van der Waals surface area contributed by atoms with Crippen LogP contribution in [-0.2, 0) is 16.0 Å². The molecule has 2 atom stereocenters. The summed E-state index contributed by atoms with van der Waals surface area (Å²) >= 11 is 0. The molecule has 0 spiro atoms. The van der Waals surface area contributed by atoms with Crippen molar-refractivity contribution in [2.45, 2.75) is 45.8 Å². The van der Waals surface area contributed by atoms with Gasteiger partial charge in [-0.25, -0.2) is 0 Å². The van der Waals surface area contributed by atoms with E-state index >= 15 is 0 Å². The number of hydrogen-bond donors (Lipinski definition) is 1. The fourth-order valence-corrected chi connectivity index (χ4v) is 4.68. The molecule has 1 saturated heterocycles. The summed E-state index contributed by atoms with van der Waals surface area (Å²) in [5, 5.41) is 11.4. The summed E-state index contributed by atoms with van der Waals surface area (Å²) in [6, 6.07) is 12.2. The zero-order valence-electron chi connectivity index (χ0n) is 21.8. The summed E-state index contributed by atoms with van der Waals surface area (Å²) in [6.45, 7) is 7.80. The Hall–Kier alpha value is -3.32. The molecule has 7 heteroatoms. The molecule has 0 aliphatic carbocycles. The predicted octanol–water partition coefficient (Wildman–Crippen LogP) is 4.42. The molecule has 0 saturated carbocycles. The number of aliphatic hydroxyl groups excluding tert-OH is 1. The molecular weight excluding hydrogens is 456 g/mol. The molecule has 7 nitrogen and oxygen atoms in total. The van der Waals surface area contributed by atoms with E-state index in [1.165, 1.54) is 0 Å². The third-order valence-electron chi connectivity index (χ3n) is 6.64. The minimum Gasteiger partial charge on any atom is -0.507 e. The lowest BCUT2D eigenvalue weighted by molar-refractivity contribution is -0.140. The van der Waals surface area contributed by atoms with Crippen LogP contribution in [0, 0.1) is 5.92 Å². The molecular formula is C29H36N2O5. The number of nitrogens with zero attached hydrogens (tertiary/aromatic N) is 2. The van der Waals surface area contributed by atoms with Gasteiger partial charge in [0, 0.05) is 25.1 Å². The van der Waals surface area contributed by atoms with Crippen molar-refractivity contribution in [2.75, 3.05) is 33.8 Å².